The molecule has 0 heterocycles. The van der Waals surface area contributed by atoms with Gasteiger partial charge in [-0.05, 0) is 37.6 Å². The van der Waals surface area contributed by atoms with Crippen LogP contribution in [0, 0.1) is 6.92 Å². The Hall–Kier alpha value is -1.31. The van der Waals surface area contributed by atoms with Crippen molar-refractivity contribution in [1.29, 1.82) is 0 Å². The Bertz CT molecular complexity index is 271. The van der Waals surface area contributed by atoms with E-state index in [4.69, 9.17) is 5.73 Å². The predicted octanol–water partition coefficient (Wildman–Crippen LogP) is 1.78. The number of Topliss-reactive ketones (excluding diaryl/α,β-unsaturated/α-hetero) is 1. The van der Waals surface area contributed by atoms with Crippen LogP contribution in [0.2, 0.25) is 0 Å². The summed E-state index contributed by atoms with van der Waals surface area (Å²) < 4.78 is 0. The van der Waals surface area contributed by atoms with Crippen LogP contribution >= 0.6 is 0 Å². The maximum atomic E-state index is 10.9. The van der Waals surface area contributed by atoms with Crippen LogP contribution in [0.25, 0.3) is 0 Å². The van der Waals surface area contributed by atoms with Gasteiger partial charge < -0.3 is 5.73 Å². The van der Waals surface area contributed by atoms with Crippen molar-refractivity contribution in [2.45, 2.75) is 13.8 Å². The van der Waals surface area contributed by atoms with E-state index in [2.05, 4.69) is 0 Å². The van der Waals surface area contributed by atoms with Gasteiger partial charge in [0.25, 0.3) is 0 Å². The molecule has 0 saturated heterocycles. The number of nitrogen functional groups attached to an aromatic ring is 1. The molecule has 2 nitrogen and oxygen atoms in total. The average molecular weight is 149 g/mol. The Kier molecular flexibility index (Phi) is 1.94. The summed E-state index contributed by atoms with van der Waals surface area (Å²) in [5, 5.41) is 0. The topological polar surface area (TPSA) is 43.1 Å². The molecule has 0 aliphatic heterocycles. The summed E-state index contributed by atoms with van der Waals surface area (Å²) >= 11 is 0. The molecule has 0 aliphatic rings. The van der Waals surface area contributed by atoms with E-state index in [0.717, 1.165) is 5.56 Å². The van der Waals surface area contributed by atoms with E-state index in [9.17, 15) is 4.79 Å². The zero-order valence-corrected chi connectivity index (χ0v) is 6.72. The average Bonchev–Trinajstić information content (AvgIpc) is 1.85. The molecule has 0 amide bonds. The highest BCUT2D eigenvalue weighted by molar-refractivity contribution is 5.95. The van der Waals surface area contributed by atoms with Gasteiger partial charge in [0.2, 0.25) is 0 Å². The van der Waals surface area contributed by atoms with Gasteiger partial charge in [0.1, 0.15) is 0 Å². The van der Waals surface area contributed by atoms with Crippen LogP contribution in [-0.4, -0.2) is 5.78 Å². The van der Waals surface area contributed by atoms with Gasteiger partial charge in [-0.2, -0.15) is 0 Å². The summed E-state index contributed by atoms with van der Waals surface area (Å²) in [7, 11) is 0. The van der Waals surface area contributed by atoms with Crippen molar-refractivity contribution in [3.63, 3.8) is 0 Å². The third-order valence-electron chi connectivity index (χ3n) is 1.51. The van der Waals surface area contributed by atoms with E-state index in [0.29, 0.717) is 11.3 Å². The van der Waals surface area contributed by atoms with Gasteiger partial charge in [0.05, 0.1) is 0 Å². The fourth-order valence-corrected chi connectivity index (χ4v) is 1.02. The first-order chi connectivity index (χ1) is 5.09. The lowest BCUT2D eigenvalue weighted by Gasteiger charge is -1.99. The Balaban J connectivity index is 3.19. The van der Waals surface area contributed by atoms with Crippen LogP contribution < -0.4 is 5.73 Å². The molecule has 0 spiro atoms. The minimum absolute atomic E-state index is 0.0559. The first kappa shape index (κ1) is 7.79. The summed E-state index contributed by atoms with van der Waals surface area (Å²) in [5.41, 5.74) is 7.90. The SMILES string of the molecule is CC(=O)c1cc(C)cc(N)c1. The second-order valence-corrected chi connectivity index (χ2v) is 2.69. The van der Waals surface area contributed by atoms with E-state index in [-0.39, 0.29) is 5.78 Å². The first-order valence-corrected chi connectivity index (χ1v) is 3.47. The van der Waals surface area contributed by atoms with E-state index in [1.54, 1.807) is 6.07 Å². The molecule has 1 aromatic carbocycles. The molecule has 2 N–H and O–H groups in total. The smallest absolute Gasteiger partial charge is 0.159 e. The Morgan fingerprint density at radius 3 is 2.45 bits per heavy atom. The predicted molar refractivity (Wildman–Crippen MR) is 45.6 cm³/mol. The largest absolute Gasteiger partial charge is 0.399 e. The molecule has 2 heteroatoms. The number of hydrogen-bond acceptors (Lipinski definition) is 2. The van der Waals surface area contributed by atoms with E-state index in [1.165, 1.54) is 6.92 Å². The minimum Gasteiger partial charge on any atom is -0.399 e. The van der Waals surface area contributed by atoms with Crippen molar-refractivity contribution in [2.75, 3.05) is 5.73 Å². The number of hydrogen-bond donors (Lipinski definition) is 1. The lowest BCUT2D eigenvalue weighted by atomic mass is 10.1. The number of benzene rings is 1. The Morgan fingerprint density at radius 1 is 1.36 bits per heavy atom. The number of carbonyl (C=O) groups is 1. The van der Waals surface area contributed by atoms with Gasteiger partial charge >= 0.3 is 0 Å². The molecule has 0 bridgehead atoms. The zero-order valence-electron chi connectivity index (χ0n) is 6.72. The van der Waals surface area contributed by atoms with Gasteiger partial charge in [-0.25, -0.2) is 0 Å². The lowest BCUT2D eigenvalue weighted by molar-refractivity contribution is 0.101. The van der Waals surface area contributed by atoms with Crippen LogP contribution in [0.4, 0.5) is 5.69 Å². The molecule has 0 aromatic heterocycles. The molecule has 0 unspecified atom stereocenters. The fraction of sp³-hybridized carbons (Fsp3) is 0.222. The minimum atomic E-state index is 0.0559. The van der Waals surface area contributed by atoms with Crippen molar-refractivity contribution < 1.29 is 4.79 Å². The zero-order chi connectivity index (χ0) is 8.43. The molecular formula is C9H11NO. The molecule has 1 rings (SSSR count). The van der Waals surface area contributed by atoms with Crippen LogP contribution in [0.3, 0.4) is 0 Å². The van der Waals surface area contributed by atoms with Crippen molar-refractivity contribution in [1.82, 2.24) is 0 Å². The second kappa shape index (κ2) is 2.74. The van der Waals surface area contributed by atoms with Crippen LogP contribution in [0.1, 0.15) is 22.8 Å². The monoisotopic (exact) mass is 149 g/mol. The molecule has 0 atom stereocenters. The highest BCUT2D eigenvalue weighted by Crippen LogP contribution is 2.11. The maximum Gasteiger partial charge on any atom is 0.159 e. The van der Waals surface area contributed by atoms with Crippen molar-refractivity contribution in [2.24, 2.45) is 0 Å². The molecular weight excluding hydrogens is 138 g/mol. The van der Waals surface area contributed by atoms with Gasteiger partial charge in [-0.3, -0.25) is 4.79 Å². The highest BCUT2D eigenvalue weighted by Gasteiger charge is 1.99. The summed E-state index contributed by atoms with van der Waals surface area (Å²) in [5.74, 6) is 0.0559. The first-order valence-electron chi connectivity index (χ1n) is 3.47. The normalized spacial score (nSPS) is 9.64. The van der Waals surface area contributed by atoms with Crippen LogP contribution in [0.15, 0.2) is 18.2 Å². The maximum absolute atomic E-state index is 10.9. The number of rotatable bonds is 1. The molecule has 0 fully saturated rings. The molecule has 58 valence electrons. The molecule has 0 radical (unpaired) electrons. The summed E-state index contributed by atoms with van der Waals surface area (Å²) in [4.78, 5) is 10.9. The summed E-state index contributed by atoms with van der Waals surface area (Å²) in [6, 6.07) is 5.36. The number of anilines is 1. The van der Waals surface area contributed by atoms with E-state index >= 15 is 0 Å². The molecule has 0 aliphatic carbocycles. The van der Waals surface area contributed by atoms with Gasteiger partial charge in [0, 0.05) is 11.3 Å². The third-order valence-corrected chi connectivity index (χ3v) is 1.51. The molecule has 11 heavy (non-hydrogen) atoms. The molecule has 1 aromatic rings. The van der Waals surface area contributed by atoms with E-state index < -0.39 is 0 Å². The van der Waals surface area contributed by atoms with Gasteiger partial charge in [-0.15, -0.1) is 0 Å². The third kappa shape index (κ3) is 1.80. The summed E-state index contributed by atoms with van der Waals surface area (Å²) in [6.45, 7) is 3.46. The lowest BCUT2D eigenvalue weighted by Crippen LogP contribution is -1.95. The standard InChI is InChI=1S/C9H11NO/c1-6-3-8(7(2)11)5-9(10)4-6/h3-5H,10H2,1-2H3. The van der Waals surface area contributed by atoms with Crippen molar-refractivity contribution in [3.8, 4) is 0 Å². The second-order valence-electron chi connectivity index (χ2n) is 2.69. The summed E-state index contributed by atoms with van der Waals surface area (Å²) in [6.07, 6.45) is 0. The quantitative estimate of drug-likeness (QED) is 0.488. The van der Waals surface area contributed by atoms with Crippen molar-refractivity contribution >= 4 is 11.5 Å². The van der Waals surface area contributed by atoms with Crippen LogP contribution in [-0.2, 0) is 0 Å². The highest BCUT2D eigenvalue weighted by atomic mass is 16.1. The fourth-order valence-electron chi connectivity index (χ4n) is 1.02. The Labute approximate surface area is 66.0 Å². The van der Waals surface area contributed by atoms with Crippen molar-refractivity contribution in [3.05, 3.63) is 29.3 Å². The number of carbonyl (C=O) groups excluding carboxylic acids is 1. The van der Waals surface area contributed by atoms with Crippen LogP contribution in [0.5, 0.6) is 0 Å². The Morgan fingerprint density at radius 2 is 2.00 bits per heavy atom. The van der Waals surface area contributed by atoms with E-state index in [1.807, 2.05) is 19.1 Å². The molecule has 0 saturated carbocycles. The number of aryl methyl sites for hydroxylation is 1. The van der Waals surface area contributed by atoms with Gasteiger partial charge in [0.15, 0.2) is 5.78 Å². The number of ketones is 1. The number of nitrogens with two attached hydrogens (primary N) is 1. The van der Waals surface area contributed by atoms with Gasteiger partial charge in [-0.1, -0.05) is 0 Å².